The zero-order chi connectivity index (χ0) is 16.7. The minimum absolute atomic E-state index is 0.113. The van der Waals surface area contributed by atoms with Crippen molar-refractivity contribution in [2.75, 3.05) is 26.2 Å². The van der Waals surface area contributed by atoms with Crippen molar-refractivity contribution in [3.05, 3.63) is 34.9 Å². The van der Waals surface area contributed by atoms with Crippen LogP contribution in [0.2, 0.25) is 5.02 Å². The number of likely N-dealkylation sites (tertiary alicyclic amines) is 1. The first-order valence-corrected chi connectivity index (χ1v) is 8.09. The minimum atomic E-state index is -0.280. The fourth-order valence-electron chi connectivity index (χ4n) is 2.51. The Kier molecular flexibility index (Phi) is 6.67. The van der Waals surface area contributed by atoms with Crippen LogP contribution in [0.1, 0.15) is 18.4 Å². The van der Waals surface area contributed by atoms with E-state index in [1.807, 2.05) is 24.3 Å². The van der Waals surface area contributed by atoms with Crippen molar-refractivity contribution in [2.24, 2.45) is 11.7 Å². The number of amides is 3. The molecule has 0 unspecified atom stereocenters. The molecule has 126 valence electrons. The van der Waals surface area contributed by atoms with Crippen LogP contribution in [0, 0.1) is 5.92 Å². The lowest BCUT2D eigenvalue weighted by molar-refractivity contribution is -0.123. The van der Waals surface area contributed by atoms with Gasteiger partial charge in [-0.05, 0) is 24.5 Å². The summed E-state index contributed by atoms with van der Waals surface area (Å²) < 4.78 is 5.51. The van der Waals surface area contributed by atoms with Gasteiger partial charge in [0.05, 0.1) is 13.2 Å². The molecule has 2 rings (SSSR count). The Morgan fingerprint density at radius 3 is 2.65 bits per heavy atom. The van der Waals surface area contributed by atoms with Crippen molar-refractivity contribution in [1.29, 1.82) is 0 Å². The molecule has 7 heteroatoms. The molecule has 1 aromatic carbocycles. The molecule has 0 bridgehead atoms. The molecule has 1 aromatic rings. The van der Waals surface area contributed by atoms with E-state index in [9.17, 15) is 9.59 Å². The quantitative estimate of drug-likeness (QED) is 0.774. The second-order valence-corrected chi connectivity index (χ2v) is 5.95. The second-order valence-electron chi connectivity index (χ2n) is 5.54. The SMILES string of the molecule is NC(=O)C1CCN(C(=O)NCCOCc2ccccc2Cl)CC1. The minimum Gasteiger partial charge on any atom is -0.375 e. The summed E-state index contributed by atoms with van der Waals surface area (Å²) in [6.45, 7) is 2.37. The number of piperidine rings is 1. The van der Waals surface area contributed by atoms with Crippen molar-refractivity contribution in [3.63, 3.8) is 0 Å². The van der Waals surface area contributed by atoms with Crippen molar-refractivity contribution in [3.8, 4) is 0 Å². The number of primary amides is 1. The molecular weight excluding hydrogens is 318 g/mol. The van der Waals surface area contributed by atoms with Gasteiger partial charge in [-0.1, -0.05) is 29.8 Å². The first kappa shape index (κ1) is 17.6. The number of ether oxygens (including phenoxy) is 1. The number of urea groups is 1. The van der Waals surface area contributed by atoms with Gasteiger partial charge >= 0.3 is 6.03 Å². The van der Waals surface area contributed by atoms with Crippen LogP contribution in [-0.2, 0) is 16.1 Å². The van der Waals surface area contributed by atoms with Gasteiger partial charge in [-0.3, -0.25) is 4.79 Å². The molecule has 0 atom stereocenters. The van der Waals surface area contributed by atoms with Crippen LogP contribution in [0.25, 0.3) is 0 Å². The third kappa shape index (κ3) is 5.41. The molecule has 23 heavy (non-hydrogen) atoms. The van der Waals surface area contributed by atoms with Crippen molar-refractivity contribution in [1.82, 2.24) is 10.2 Å². The maximum Gasteiger partial charge on any atom is 0.317 e. The van der Waals surface area contributed by atoms with Crippen molar-refractivity contribution in [2.45, 2.75) is 19.4 Å². The summed E-state index contributed by atoms with van der Waals surface area (Å²) in [4.78, 5) is 24.8. The second kappa shape index (κ2) is 8.74. The number of carbonyl (C=O) groups excluding carboxylic acids is 2. The number of nitrogens with zero attached hydrogens (tertiary/aromatic N) is 1. The Balaban J connectivity index is 1.60. The molecule has 1 heterocycles. The largest absolute Gasteiger partial charge is 0.375 e. The third-order valence-electron chi connectivity index (χ3n) is 3.92. The van der Waals surface area contributed by atoms with Gasteiger partial charge in [0.25, 0.3) is 0 Å². The third-order valence-corrected chi connectivity index (χ3v) is 4.29. The Morgan fingerprint density at radius 2 is 2.00 bits per heavy atom. The highest BCUT2D eigenvalue weighted by Gasteiger charge is 2.25. The number of halogens is 1. The van der Waals surface area contributed by atoms with Gasteiger partial charge in [0, 0.05) is 30.6 Å². The zero-order valence-electron chi connectivity index (χ0n) is 13.0. The summed E-state index contributed by atoms with van der Waals surface area (Å²) in [5, 5.41) is 3.49. The Bertz CT molecular complexity index is 545. The van der Waals surface area contributed by atoms with Gasteiger partial charge in [-0.2, -0.15) is 0 Å². The fourth-order valence-corrected chi connectivity index (χ4v) is 2.70. The molecule has 1 fully saturated rings. The first-order chi connectivity index (χ1) is 11.1. The summed E-state index contributed by atoms with van der Waals surface area (Å²) in [7, 11) is 0. The van der Waals surface area contributed by atoms with E-state index in [2.05, 4.69) is 5.32 Å². The molecule has 0 spiro atoms. The van der Waals surface area contributed by atoms with E-state index < -0.39 is 0 Å². The lowest BCUT2D eigenvalue weighted by atomic mass is 9.96. The first-order valence-electron chi connectivity index (χ1n) is 7.71. The van der Waals surface area contributed by atoms with Crippen LogP contribution >= 0.6 is 11.6 Å². The standard InChI is InChI=1S/C16H22ClN3O3/c17-14-4-2-1-3-13(14)11-23-10-7-19-16(22)20-8-5-12(6-9-20)15(18)21/h1-4,12H,5-11H2,(H2,18,21)(H,19,22). The van der Waals surface area contributed by atoms with E-state index >= 15 is 0 Å². The highest BCUT2D eigenvalue weighted by atomic mass is 35.5. The molecule has 1 aliphatic rings. The number of nitrogens with two attached hydrogens (primary N) is 1. The normalized spacial score (nSPS) is 15.4. The summed E-state index contributed by atoms with van der Waals surface area (Å²) in [5.41, 5.74) is 6.20. The van der Waals surface area contributed by atoms with Crippen molar-refractivity contribution >= 4 is 23.5 Å². The molecular formula is C16H22ClN3O3. The van der Waals surface area contributed by atoms with Gasteiger partial charge in [0.15, 0.2) is 0 Å². The highest BCUT2D eigenvalue weighted by molar-refractivity contribution is 6.31. The average molecular weight is 340 g/mol. The van der Waals surface area contributed by atoms with Gasteiger partial charge in [-0.25, -0.2) is 4.79 Å². The monoisotopic (exact) mass is 339 g/mol. The number of rotatable bonds is 6. The predicted octanol–water partition coefficient (Wildman–Crippen LogP) is 1.76. The summed E-state index contributed by atoms with van der Waals surface area (Å²) in [6.07, 6.45) is 1.26. The van der Waals surface area contributed by atoms with Gasteiger partial charge < -0.3 is 20.7 Å². The summed E-state index contributed by atoms with van der Waals surface area (Å²) >= 11 is 6.03. The Hall–Kier alpha value is -1.79. The van der Waals surface area contributed by atoms with Crippen LogP contribution in [0.4, 0.5) is 4.79 Å². The van der Waals surface area contributed by atoms with E-state index in [-0.39, 0.29) is 17.9 Å². The number of hydrogen-bond donors (Lipinski definition) is 2. The average Bonchev–Trinajstić information content (AvgIpc) is 2.56. The molecule has 0 saturated carbocycles. The summed E-state index contributed by atoms with van der Waals surface area (Å²) in [5.74, 6) is -0.393. The van der Waals surface area contributed by atoms with Crippen LogP contribution in [0.15, 0.2) is 24.3 Å². The molecule has 1 aliphatic heterocycles. The van der Waals surface area contributed by atoms with Crippen molar-refractivity contribution < 1.29 is 14.3 Å². The number of benzene rings is 1. The summed E-state index contributed by atoms with van der Waals surface area (Å²) in [6, 6.07) is 7.37. The van der Waals surface area contributed by atoms with E-state index in [1.54, 1.807) is 4.90 Å². The van der Waals surface area contributed by atoms with Crippen LogP contribution in [0.3, 0.4) is 0 Å². The maximum atomic E-state index is 12.0. The fraction of sp³-hybridized carbons (Fsp3) is 0.500. The van der Waals surface area contributed by atoms with E-state index in [0.717, 1.165) is 5.56 Å². The number of hydrogen-bond acceptors (Lipinski definition) is 3. The van der Waals surface area contributed by atoms with E-state index in [1.165, 1.54) is 0 Å². The predicted molar refractivity (Wildman–Crippen MR) is 88.0 cm³/mol. The smallest absolute Gasteiger partial charge is 0.317 e. The molecule has 3 amide bonds. The Labute approximate surface area is 140 Å². The van der Waals surface area contributed by atoms with E-state index in [4.69, 9.17) is 22.1 Å². The van der Waals surface area contributed by atoms with Gasteiger partial charge in [-0.15, -0.1) is 0 Å². The van der Waals surface area contributed by atoms with Crippen LogP contribution in [-0.4, -0.2) is 43.1 Å². The van der Waals surface area contributed by atoms with E-state index in [0.29, 0.717) is 50.7 Å². The highest BCUT2D eigenvalue weighted by Crippen LogP contribution is 2.17. The molecule has 0 radical (unpaired) electrons. The molecule has 0 aliphatic carbocycles. The topological polar surface area (TPSA) is 84.7 Å². The lowest BCUT2D eigenvalue weighted by Gasteiger charge is -2.30. The molecule has 6 nitrogen and oxygen atoms in total. The van der Waals surface area contributed by atoms with Gasteiger partial charge in [0.2, 0.25) is 5.91 Å². The zero-order valence-corrected chi connectivity index (χ0v) is 13.7. The molecule has 0 aromatic heterocycles. The molecule has 1 saturated heterocycles. The molecule has 3 N–H and O–H groups in total. The van der Waals surface area contributed by atoms with Gasteiger partial charge in [0.1, 0.15) is 0 Å². The Morgan fingerprint density at radius 1 is 1.30 bits per heavy atom. The lowest BCUT2D eigenvalue weighted by Crippen LogP contribution is -2.46. The number of carbonyl (C=O) groups is 2. The maximum absolute atomic E-state index is 12.0. The van der Waals surface area contributed by atoms with Crippen LogP contribution < -0.4 is 11.1 Å². The number of nitrogens with one attached hydrogen (secondary N) is 1. The van der Waals surface area contributed by atoms with Crippen LogP contribution in [0.5, 0.6) is 0 Å².